The van der Waals surface area contributed by atoms with E-state index in [0.29, 0.717) is 0 Å². The molecule has 9 heteroatoms. The predicted octanol–water partition coefficient (Wildman–Crippen LogP) is 5.48. The van der Waals surface area contributed by atoms with Crippen LogP contribution in [0.1, 0.15) is 5.56 Å². The molecule has 0 fully saturated rings. The van der Waals surface area contributed by atoms with E-state index in [1.807, 2.05) is 0 Å². The Balaban J connectivity index is 0.00000242. The normalized spacial score (nSPS) is 10.7. The van der Waals surface area contributed by atoms with Gasteiger partial charge in [0.1, 0.15) is 11.5 Å². The Morgan fingerprint density at radius 3 is 2.14 bits per heavy atom. The Labute approximate surface area is 134 Å². The van der Waals surface area contributed by atoms with Gasteiger partial charge in [-0.3, -0.25) is 10.1 Å². The van der Waals surface area contributed by atoms with Crippen LogP contribution in [0.2, 0.25) is 5.02 Å². The van der Waals surface area contributed by atoms with Crippen molar-refractivity contribution in [1.82, 2.24) is 0 Å². The van der Waals surface area contributed by atoms with Crippen LogP contribution >= 0.6 is 24.0 Å². The number of non-ortho nitro benzene ring substituents is 1. The molecule has 0 heterocycles. The number of nitro groups is 1. The second kappa shape index (κ2) is 6.85. The van der Waals surface area contributed by atoms with Gasteiger partial charge in [-0.05, 0) is 30.3 Å². The summed E-state index contributed by atoms with van der Waals surface area (Å²) in [6.07, 6.45) is -4.49. The largest absolute Gasteiger partial charge is 0.456 e. The second-order valence-electron chi connectivity index (χ2n) is 4.00. The van der Waals surface area contributed by atoms with Crippen molar-refractivity contribution in [3.8, 4) is 11.5 Å². The topological polar surface area (TPSA) is 52.4 Å². The number of nitrogens with zero attached hydrogens (tertiary/aromatic N) is 1. The van der Waals surface area contributed by atoms with Crippen LogP contribution in [0.4, 0.5) is 18.9 Å². The summed E-state index contributed by atoms with van der Waals surface area (Å²) in [7, 11) is 0. The molecule has 0 aliphatic rings. The fraction of sp³-hybridized carbons (Fsp3) is 0.0769. The van der Waals surface area contributed by atoms with Crippen molar-refractivity contribution in [2.45, 2.75) is 6.18 Å². The maximum atomic E-state index is 12.5. The minimum Gasteiger partial charge on any atom is -0.456 e. The fourth-order valence-electron chi connectivity index (χ4n) is 1.52. The number of benzene rings is 2. The van der Waals surface area contributed by atoms with Crippen molar-refractivity contribution < 1.29 is 22.8 Å². The van der Waals surface area contributed by atoms with E-state index in [1.165, 1.54) is 24.3 Å². The molecule has 0 unspecified atom stereocenters. The first-order valence-electron chi connectivity index (χ1n) is 5.56. The Morgan fingerprint density at radius 1 is 1.09 bits per heavy atom. The van der Waals surface area contributed by atoms with Gasteiger partial charge in [0.25, 0.3) is 5.69 Å². The van der Waals surface area contributed by atoms with Gasteiger partial charge in [-0.2, -0.15) is 13.2 Å². The lowest BCUT2D eigenvalue weighted by Gasteiger charge is -2.11. The lowest BCUT2D eigenvalue weighted by Crippen LogP contribution is -2.04. The Kier molecular flexibility index (Phi) is 5.62. The fourth-order valence-corrected chi connectivity index (χ4v) is 1.74. The second-order valence-corrected chi connectivity index (χ2v) is 4.40. The summed E-state index contributed by atoms with van der Waals surface area (Å²) < 4.78 is 42.7. The van der Waals surface area contributed by atoms with Crippen LogP contribution in [-0.4, -0.2) is 4.92 Å². The summed E-state index contributed by atoms with van der Waals surface area (Å²) in [5, 5.41) is 10.3. The number of rotatable bonds is 3. The highest BCUT2D eigenvalue weighted by Crippen LogP contribution is 2.36. The number of alkyl halides is 3. The highest BCUT2D eigenvalue weighted by Gasteiger charge is 2.31. The number of ether oxygens (including phenoxy) is 1. The van der Waals surface area contributed by atoms with Crippen LogP contribution in [-0.2, 0) is 6.18 Å². The molecule has 0 amide bonds. The minimum absolute atomic E-state index is 0. The molecule has 0 N–H and O–H groups in total. The van der Waals surface area contributed by atoms with Gasteiger partial charge in [0.2, 0.25) is 0 Å². The smallest absolute Gasteiger partial charge is 0.416 e. The summed E-state index contributed by atoms with van der Waals surface area (Å²) in [4.78, 5) is 9.92. The molecule has 2 aromatic carbocycles. The molecule has 0 radical (unpaired) electrons. The molecular weight excluding hydrogens is 346 g/mol. The molecule has 2 aromatic rings. The minimum atomic E-state index is -4.49. The van der Waals surface area contributed by atoms with Crippen LogP contribution in [0.3, 0.4) is 0 Å². The van der Waals surface area contributed by atoms with Gasteiger partial charge in [-0.15, -0.1) is 12.4 Å². The van der Waals surface area contributed by atoms with Crippen molar-refractivity contribution in [2.75, 3.05) is 0 Å². The first-order valence-corrected chi connectivity index (χ1v) is 5.94. The molecule has 0 aliphatic heterocycles. The van der Waals surface area contributed by atoms with Crippen LogP contribution in [0, 0.1) is 10.1 Å². The molecule has 0 atom stereocenters. The lowest BCUT2D eigenvalue weighted by atomic mass is 10.2. The van der Waals surface area contributed by atoms with Crippen molar-refractivity contribution in [2.24, 2.45) is 0 Å². The monoisotopic (exact) mass is 353 g/mol. The standard InChI is InChI=1S/C13H7ClF3NO3.ClH/c14-11-7-8(13(15,16)17)1-6-12(11)21-10-4-2-9(3-5-10)18(19)20;/h1-7H;1H. The van der Waals surface area contributed by atoms with Crippen molar-refractivity contribution in [1.29, 1.82) is 0 Å². The summed E-state index contributed by atoms with van der Waals surface area (Å²) in [6.45, 7) is 0. The van der Waals surface area contributed by atoms with E-state index in [2.05, 4.69) is 0 Å². The average Bonchev–Trinajstić information content (AvgIpc) is 2.40. The average molecular weight is 354 g/mol. The highest BCUT2D eigenvalue weighted by atomic mass is 35.5. The number of hydrogen-bond donors (Lipinski definition) is 0. The molecule has 0 aromatic heterocycles. The van der Waals surface area contributed by atoms with E-state index in [9.17, 15) is 23.3 Å². The molecular formula is C13H8Cl2F3NO3. The number of hydrogen-bond acceptors (Lipinski definition) is 3. The summed E-state index contributed by atoms with van der Waals surface area (Å²) in [6, 6.07) is 7.76. The molecule has 0 saturated heterocycles. The number of halogens is 5. The molecule has 0 bridgehead atoms. The van der Waals surface area contributed by atoms with Gasteiger partial charge in [-0.25, -0.2) is 0 Å². The molecule has 0 saturated carbocycles. The molecule has 2 rings (SSSR count). The van der Waals surface area contributed by atoms with E-state index in [-0.39, 0.29) is 34.6 Å². The van der Waals surface area contributed by atoms with Gasteiger partial charge in [0.05, 0.1) is 15.5 Å². The van der Waals surface area contributed by atoms with E-state index in [0.717, 1.165) is 18.2 Å². The first-order chi connectivity index (χ1) is 9.77. The van der Waals surface area contributed by atoms with Gasteiger partial charge < -0.3 is 4.74 Å². The van der Waals surface area contributed by atoms with E-state index in [4.69, 9.17) is 16.3 Å². The maximum absolute atomic E-state index is 12.5. The Hall–Kier alpha value is -1.99. The van der Waals surface area contributed by atoms with Gasteiger partial charge in [-0.1, -0.05) is 11.6 Å². The quantitative estimate of drug-likeness (QED) is 0.542. The van der Waals surface area contributed by atoms with E-state index < -0.39 is 16.7 Å². The van der Waals surface area contributed by atoms with Crippen molar-refractivity contribution in [3.05, 3.63) is 63.2 Å². The maximum Gasteiger partial charge on any atom is 0.416 e. The SMILES string of the molecule is Cl.O=[N+]([O-])c1ccc(Oc2ccc(C(F)(F)F)cc2Cl)cc1. The van der Waals surface area contributed by atoms with Gasteiger partial charge >= 0.3 is 6.18 Å². The lowest BCUT2D eigenvalue weighted by molar-refractivity contribution is -0.384. The van der Waals surface area contributed by atoms with E-state index in [1.54, 1.807) is 0 Å². The van der Waals surface area contributed by atoms with Crippen molar-refractivity contribution >= 4 is 29.7 Å². The third kappa shape index (κ3) is 4.25. The first kappa shape index (κ1) is 18.1. The Morgan fingerprint density at radius 2 is 1.68 bits per heavy atom. The summed E-state index contributed by atoms with van der Waals surface area (Å²) in [5.41, 5.74) is -1.01. The third-order valence-electron chi connectivity index (χ3n) is 2.53. The molecule has 118 valence electrons. The zero-order chi connectivity index (χ0) is 15.6. The van der Waals surface area contributed by atoms with Crippen LogP contribution in [0.5, 0.6) is 11.5 Å². The highest BCUT2D eigenvalue weighted by molar-refractivity contribution is 6.32. The molecule has 4 nitrogen and oxygen atoms in total. The third-order valence-corrected chi connectivity index (χ3v) is 2.83. The Bertz CT molecular complexity index is 675. The van der Waals surface area contributed by atoms with Crippen LogP contribution in [0.15, 0.2) is 42.5 Å². The predicted molar refractivity (Wildman–Crippen MR) is 76.9 cm³/mol. The van der Waals surface area contributed by atoms with Crippen molar-refractivity contribution in [3.63, 3.8) is 0 Å². The van der Waals surface area contributed by atoms with Crippen LogP contribution < -0.4 is 4.74 Å². The van der Waals surface area contributed by atoms with Crippen LogP contribution in [0.25, 0.3) is 0 Å². The van der Waals surface area contributed by atoms with Gasteiger partial charge in [0, 0.05) is 12.1 Å². The molecule has 0 spiro atoms. The van der Waals surface area contributed by atoms with Gasteiger partial charge in [0.15, 0.2) is 0 Å². The zero-order valence-electron chi connectivity index (χ0n) is 10.6. The number of nitro benzene ring substituents is 1. The summed E-state index contributed by atoms with van der Waals surface area (Å²) in [5.74, 6) is 0.251. The molecule has 0 aliphatic carbocycles. The zero-order valence-corrected chi connectivity index (χ0v) is 12.2. The van der Waals surface area contributed by atoms with E-state index >= 15 is 0 Å². The molecule has 22 heavy (non-hydrogen) atoms. The summed E-state index contributed by atoms with van der Waals surface area (Å²) >= 11 is 5.73.